The number of hydrogen-bond donors (Lipinski definition) is 1. The van der Waals surface area contributed by atoms with Gasteiger partial charge in [-0.2, -0.15) is 0 Å². The summed E-state index contributed by atoms with van der Waals surface area (Å²) in [7, 11) is 0. The molecule has 3 heterocycles. The van der Waals surface area contributed by atoms with Crippen molar-refractivity contribution in [3.63, 3.8) is 0 Å². The first kappa shape index (κ1) is 18.9. The van der Waals surface area contributed by atoms with Crippen molar-refractivity contribution in [3.8, 4) is 10.6 Å². The minimum absolute atomic E-state index is 0.0488. The summed E-state index contributed by atoms with van der Waals surface area (Å²) in [4.78, 5) is 35.4. The average Bonchev–Trinajstić information content (AvgIpc) is 3.40. The number of aromatic nitrogens is 2. The molecule has 0 saturated heterocycles. The van der Waals surface area contributed by atoms with E-state index in [9.17, 15) is 9.59 Å². The second kappa shape index (κ2) is 7.62. The Labute approximate surface area is 181 Å². The van der Waals surface area contributed by atoms with Crippen molar-refractivity contribution in [2.24, 2.45) is 0 Å². The van der Waals surface area contributed by atoms with E-state index in [1.807, 2.05) is 36.4 Å². The molecule has 6 nitrogen and oxygen atoms in total. The highest BCUT2D eigenvalue weighted by Crippen LogP contribution is 2.34. The molecule has 0 saturated carbocycles. The van der Waals surface area contributed by atoms with Gasteiger partial charge in [0.1, 0.15) is 10.7 Å². The van der Waals surface area contributed by atoms with Gasteiger partial charge < -0.3 is 0 Å². The highest BCUT2D eigenvalue weighted by Gasteiger charge is 2.24. The maximum Gasteiger partial charge on any atom is 0.328 e. The van der Waals surface area contributed by atoms with Crippen LogP contribution in [-0.4, -0.2) is 28.3 Å². The molecule has 0 bridgehead atoms. The van der Waals surface area contributed by atoms with Crippen molar-refractivity contribution in [2.75, 3.05) is 16.8 Å². The molecule has 2 aromatic carbocycles. The van der Waals surface area contributed by atoms with Crippen LogP contribution in [0.3, 0.4) is 0 Å². The normalized spacial score (nSPS) is 13.3. The second-order valence-electron chi connectivity index (χ2n) is 7.11. The highest BCUT2D eigenvalue weighted by molar-refractivity contribution is 7.22. The van der Waals surface area contributed by atoms with E-state index in [1.54, 1.807) is 10.3 Å². The van der Waals surface area contributed by atoms with Gasteiger partial charge in [0.15, 0.2) is 10.9 Å². The van der Waals surface area contributed by atoms with Crippen molar-refractivity contribution in [2.45, 2.75) is 19.8 Å². The van der Waals surface area contributed by atoms with Gasteiger partial charge in [-0.3, -0.25) is 15.0 Å². The lowest BCUT2D eigenvalue weighted by molar-refractivity contribution is 0.101. The Kier molecular flexibility index (Phi) is 4.80. The van der Waals surface area contributed by atoms with Crippen LogP contribution in [0.1, 0.15) is 29.4 Å². The van der Waals surface area contributed by atoms with Crippen molar-refractivity contribution in [1.29, 1.82) is 0 Å². The quantitative estimate of drug-likeness (QED) is 0.426. The summed E-state index contributed by atoms with van der Waals surface area (Å²) >= 11 is 2.90. The summed E-state index contributed by atoms with van der Waals surface area (Å²) in [5.41, 5.74) is 4.28. The Morgan fingerprint density at radius 3 is 2.80 bits per heavy atom. The predicted molar refractivity (Wildman–Crippen MR) is 122 cm³/mol. The average molecular weight is 435 g/mol. The summed E-state index contributed by atoms with van der Waals surface area (Å²) < 4.78 is 1.04. The summed E-state index contributed by atoms with van der Waals surface area (Å²) in [6.45, 7) is 2.16. The van der Waals surface area contributed by atoms with E-state index in [1.165, 1.54) is 29.6 Å². The highest BCUT2D eigenvalue weighted by atomic mass is 32.1. The molecule has 2 amide bonds. The third-order valence-corrected chi connectivity index (χ3v) is 6.91. The Morgan fingerprint density at radius 1 is 1.13 bits per heavy atom. The molecule has 0 unspecified atom stereocenters. The number of nitrogens with one attached hydrogen (secondary N) is 1. The van der Waals surface area contributed by atoms with Gasteiger partial charge in [0.2, 0.25) is 0 Å². The SMILES string of the molecule is CC(=O)c1csc(-c2ccc3c(c2)N(C(=O)Nc2nc4ccccc4s2)CCC3)n1. The Hall–Kier alpha value is -3.10. The number of nitrogens with zero attached hydrogens (tertiary/aromatic N) is 3. The summed E-state index contributed by atoms with van der Waals surface area (Å²) in [5.74, 6) is -0.0488. The van der Waals surface area contributed by atoms with Gasteiger partial charge in [-0.05, 0) is 36.6 Å². The number of para-hydroxylation sites is 1. The molecule has 0 radical (unpaired) electrons. The van der Waals surface area contributed by atoms with E-state index in [-0.39, 0.29) is 11.8 Å². The molecule has 0 fully saturated rings. The first-order valence-electron chi connectivity index (χ1n) is 9.62. The molecule has 150 valence electrons. The number of aryl methyl sites for hydroxylation is 1. The van der Waals surface area contributed by atoms with Gasteiger partial charge in [-0.25, -0.2) is 14.8 Å². The zero-order chi connectivity index (χ0) is 20.7. The number of ketones is 1. The lowest BCUT2D eigenvalue weighted by Crippen LogP contribution is -2.38. The molecule has 0 spiro atoms. The third kappa shape index (κ3) is 3.48. The first-order valence-corrected chi connectivity index (χ1v) is 11.3. The van der Waals surface area contributed by atoms with Crippen LogP contribution in [0.2, 0.25) is 0 Å². The molecule has 2 aromatic heterocycles. The molecular weight excluding hydrogens is 416 g/mol. The van der Waals surface area contributed by atoms with Gasteiger partial charge >= 0.3 is 6.03 Å². The summed E-state index contributed by atoms with van der Waals surface area (Å²) in [6.07, 6.45) is 1.84. The van der Waals surface area contributed by atoms with Gasteiger partial charge in [0.05, 0.1) is 10.2 Å². The monoisotopic (exact) mass is 434 g/mol. The molecule has 1 aliphatic rings. The number of carbonyl (C=O) groups is 2. The fraction of sp³-hybridized carbons (Fsp3) is 0.182. The lowest BCUT2D eigenvalue weighted by Gasteiger charge is -2.29. The maximum atomic E-state index is 13.1. The number of rotatable bonds is 3. The smallest absolute Gasteiger partial charge is 0.294 e. The topological polar surface area (TPSA) is 75.2 Å². The van der Waals surface area contributed by atoms with E-state index < -0.39 is 0 Å². The fourth-order valence-electron chi connectivity index (χ4n) is 3.57. The molecule has 0 atom stereocenters. The van der Waals surface area contributed by atoms with Gasteiger partial charge in [0.25, 0.3) is 0 Å². The van der Waals surface area contributed by atoms with Crippen LogP contribution in [0.4, 0.5) is 15.6 Å². The van der Waals surface area contributed by atoms with E-state index in [2.05, 4.69) is 21.4 Å². The number of anilines is 2. The molecule has 1 N–H and O–H groups in total. The van der Waals surface area contributed by atoms with Gasteiger partial charge in [-0.15, -0.1) is 11.3 Å². The second-order valence-corrected chi connectivity index (χ2v) is 9.00. The van der Waals surface area contributed by atoms with Crippen LogP contribution >= 0.6 is 22.7 Å². The number of hydrogen-bond acceptors (Lipinski definition) is 6. The molecule has 30 heavy (non-hydrogen) atoms. The Balaban J connectivity index is 1.44. The number of urea groups is 1. The number of benzene rings is 2. The first-order chi connectivity index (χ1) is 14.6. The molecular formula is C22H18N4O2S2. The Bertz CT molecular complexity index is 1240. The zero-order valence-corrected chi connectivity index (χ0v) is 17.8. The minimum atomic E-state index is -0.185. The summed E-state index contributed by atoms with van der Waals surface area (Å²) in [6, 6.07) is 13.7. The number of thiazole rings is 2. The van der Waals surface area contributed by atoms with Crippen molar-refractivity contribution >= 4 is 55.5 Å². The third-order valence-electron chi connectivity index (χ3n) is 5.07. The van der Waals surface area contributed by atoms with E-state index >= 15 is 0 Å². The van der Waals surface area contributed by atoms with Crippen LogP contribution < -0.4 is 10.2 Å². The maximum absolute atomic E-state index is 13.1. The van der Waals surface area contributed by atoms with Crippen LogP contribution in [0.25, 0.3) is 20.8 Å². The minimum Gasteiger partial charge on any atom is -0.294 e. The van der Waals surface area contributed by atoms with Crippen molar-refractivity contribution in [3.05, 3.63) is 59.1 Å². The molecule has 1 aliphatic heterocycles. The molecule has 0 aliphatic carbocycles. The van der Waals surface area contributed by atoms with Crippen LogP contribution in [0, 0.1) is 0 Å². The van der Waals surface area contributed by atoms with Crippen LogP contribution in [0.5, 0.6) is 0 Å². The van der Waals surface area contributed by atoms with Crippen molar-refractivity contribution < 1.29 is 9.59 Å². The van der Waals surface area contributed by atoms with E-state index in [0.717, 1.165) is 44.9 Å². The van der Waals surface area contributed by atoms with E-state index in [0.29, 0.717) is 17.4 Å². The summed E-state index contributed by atoms with van der Waals surface area (Å²) in [5, 5.41) is 6.10. The lowest BCUT2D eigenvalue weighted by atomic mass is 10.00. The van der Waals surface area contributed by atoms with E-state index in [4.69, 9.17) is 0 Å². The predicted octanol–water partition coefficient (Wildman–Crippen LogP) is 5.61. The number of amides is 2. The number of carbonyl (C=O) groups excluding carboxylic acids is 2. The van der Waals surface area contributed by atoms with Crippen LogP contribution in [-0.2, 0) is 6.42 Å². The largest absolute Gasteiger partial charge is 0.328 e. The Morgan fingerprint density at radius 2 is 2.00 bits per heavy atom. The van der Waals surface area contributed by atoms with Gasteiger partial charge in [-0.1, -0.05) is 35.6 Å². The fourth-order valence-corrected chi connectivity index (χ4v) is 5.28. The number of fused-ring (bicyclic) bond motifs is 2. The zero-order valence-electron chi connectivity index (χ0n) is 16.2. The molecule has 4 aromatic rings. The van der Waals surface area contributed by atoms with Gasteiger partial charge in [0, 0.05) is 30.1 Å². The van der Waals surface area contributed by atoms with Crippen molar-refractivity contribution in [1.82, 2.24) is 9.97 Å². The molecule has 8 heteroatoms. The molecule has 5 rings (SSSR count). The standard InChI is InChI=1S/C22H18N4O2S2/c1-13(27)17-12-29-20(23-17)15-9-8-14-5-4-10-26(18(14)11-15)22(28)25-21-24-16-6-2-3-7-19(16)30-21/h2-3,6-9,11-12H,4-5,10H2,1H3,(H,24,25,28). The van der Waals surface area contributed by atoms with Crippen LogP contribution in [0.15, 0.2) is 47.8 Å². The number of Topliss-reactive ketones (excluding diaryl/α,β-unsaturated/α-hetero) is 1.